The van der Waals surface area contributed by atoms with E-state index in [4.69, 9.17) is 0 Å². The number of nitrogens with one attached hydrogen (secondary N) is 1. The molecule has 0 atom stereocenters. The van der Waals surface area contributed by atoms with Gasteiger partial charge < -0.3 is 10.4 Å². The number of benzene rings is 1. The van der Waals surface area contributed by atoms with Crippen molar-refractivity contribution in [3.8, 4) is 0 Å². The number of aliphatic imine (C=N–C) groups is 1. The lowest BCUT2D eigenvalue weighted by Gasteiger charge is -2.02. The number of nitrogens with zero attached hydrogens (tertiary/aromatic N) is 1. The smallest absolute Gasteiger partial charge is 0.298 e. The molecule has 4 heteroatoms. The number of carbonyl (C=O) groups excluding carboxylic acids is 1. The van der Waals surface area contributed by atoms with Crippen molar-refractivity contribution in [3.63, 3.8) is 0 Å². The Hall–Kier alpha value is -2.10. The first-order valence-electron chi connectivity index (χ1n) is 4.11. The zero-order valence-corrected chi connectivity index (χ0v) is 7.27. The maximum atomic E-state index is 11.1. The molecule has 0 spiro atoms. The molecule has 1 aliphatic heterocycles. The van der Waals surface area contributed by atoms with Crippen LogP contribution < -0.4 is 5.32 Å². The second-order valence-electron chi connectivity index (χ2n) is 2.80. The van der Waals surface area contributed by atoms with Crippen molar-refractivity contribution < 1.29 is 9.90 Å². The van der Waals surface area contributed by atoms with Gasteiger partial charge in [-0.3, -0.25) is 4.79 Å². The quantitative estimate of drug-likeness (QED) is 0.512. The zero-order valence-electron chi connectivity index (χ0n) is 7.27. The monoisotopic (exact) mass is 188 g/mol. The van der Waals surface area contributed by atoms with Crippen LogP contribution in [-0.2, 0) is 4.79 Å². The van der Waals surface area contributed by atoms with Crippen LogP contribution in [0.5, 0.6) is 0 Å². The minimum atomic E-state index is -0.452. The second kappa shape index (κ2) is 3.33. The summed E-state index contributed by atoms with van der Waals surface area (Å²) in [6.07, 6.45) is 1.26. The molecule has 0 unspecified atom stereocenters. The van der Waals surface area contributed by atoms with Gasteiger partial charge in [0, 0.05) is 5.56 Å². The van der Waals surface area contributed by atoms with Crippen LogP contribution in [0, 0.1) is 0 Å². The molecule has 1 heterocycles. The predicted octanol–water partition coefficient (Wildman–Crippen LogP) is 1.07. The highest BCUT2D eigenvalue weighted by atomic mass is 16.3. The van der Waals surface area contributed by atoms with Gasteiger partial charge >= 0.3 is 0 Å². The lowest BCUT2D eigenvalue weighted by molar-refractivity contribution is -0.114. The van der Waals surface area contributed by atoms with E-state index in [1.54, 1.807) is 24.3 Å². The maximum absolute atomic E-state index is 11.1. The summed E-state index contributed by atoms with van der Waals surface area (Å²) in [6.45, 7) is 0. The van der Waals surface area contributed by atoms with Crippen molar-refractivity contribution in [3.05, 3.63) is 41.6 Å². The highest BCUT2D eigenvalue weighted by Crippen LogP contribution is 2.15. The minimum Gasteiger partial charge on any atom is -0.505 e. The van der Waals surface area contributed by atoms with Gasteiger partial charge in [0.25, 0.3) is 5.91 Å². The number of aliphatic hydroxyl groups is 1. The third-order valence-corrected chi connectivity index (χ3v) is 1.89. The molecule has 0 aliphatic carbocycles. The van der Waals surface area contributed by atoms with Gasteiger partial charge in [0.05, 0.1) is 6.34 Å². The van der Waals surface area contributed by atoms with Crippen molar-refractivity contribution >= 4 is 18.0 Å². The molecule has 0 saturated heterocycles. The largest absolute Gasteiger partial charge is 0.505 e. The molecule has 1 aromatic rings. The normalized spacial score (nSPS) is 18.1. The average molecular weight is 188 g/mol. The van der Waals surface area contributed by atoms with Crippen molar-refractivity contribution in [1.82, 2.24) is 5.32 Å². The minimum absolute atomic E-state index is 0.0758. The maximum Gasteiger partial charge on any atom is 0.298 e. The number of rotatable bonds is 1. The van der Waals surface area contributed by atoms with Crippen LogP contribution in [-0.4, -0.2) is 17.4 Å². The fourth-order valence-corrected chi connectivity index (χ4v) is 1.19. The molecule has 2 N–H and O–H groups in total. The van der Waals surface area contributed by atoms with Gasteiger partial charge in [-0.2, -0.15) is 4.99 Å². The van der Waals surface area contributed by atoms with Crippen LogP contribution in [0.2, 0.25) is 0 Å². The third kappa shape index (κ3) is 1.37. The summed E-state index contributed by atoms with van der Waals surface area (Å²) in [7, 11) is 0. The Morgan fingerprint density at radius 1 is 1.29 bits per heavy atom. The molecule has 4 nitrogen and oxygen atoms in total. The summed E-state index contributed by atoms with van der Waals surface area (Å²) in [5, 5.41) is 12.3. The SMILES string of the molecule is O=C1N=CNC1=C(O)c1ccccc1. The molecule has 1 amide bonds. The molecule has 2 rings (SSSR count). The van der Waals surface area contributed by atoms with Crippen molar-refractivity contribution in [2.45, 2.75) is 0 Å². The van der Waals surface area contributed by atoms with Crippen LogP contribution in [0.25, 0.3) is 5.76 Å². The van der Waals surface area contributed by atoms with Crippen LogP contribution in [0.1, 0.15) is 5.56 Å². The molecule has 1 aliphatic rings. The van der Waals surface area contributed by atoms with E-state index < -0.39 is 5.91 Å². The Morgan fingerprint density at radius 3 is 2.57 bits per heavy atom. The van der Waals surface area contributed by atoms with Crippen LogP contribution >= 0.6 is 0 Å². The first-order chi connectivity index (χ1) is 6.79. The Labute approximate surface area is 80.6 Å². The highest BCUT2D eigenvalue weighted by molar-refractivity contribution is 6.08. The Balaban J connectivity index is 2.41. The van der Waals surface area contributed by atoms with Crippen molar-refractivity contribution in [2.24, 2.45) is 4.99 Å². The molecule has 70 valence electrons. The van der Waals surface area contributed by atoms with E-state index >= 15 is 0 Å². The molecular weight excluding hydrogens is 180 g/mol. The lowest BCUT2D eigenvalue weighted by atomic mass is 10.1. The molecule has 1 aromatic carbocycles. The molecule has 14 heavy (non-hydrogen) atoms. The highest BCUT2D eigenvalue weighted by Gasteiger charge is 2.18. The third-order valence-electron chi connectivity index (χ3n) is 1.89. The number of hydrogen-bond acceptors (Lipinski definition) is 3. The Bertz CT molecular complexity index is 421. The number of hydrogen-bond donors (Lipinski definition) is 2. The number of amides is 1. The second-order valence-corrected chi connectivity index (χ2v) is 2.80. The molecule has 0 saturated carbocycles. The first-order valence-corrected chi connectivity index (χ1v) is 4.11. The van der Waals surface area contributed by atoms with E-state index in [1.165, 1.54) is 6.34 Å². The average Bonchev–Trinajstić information content (AvgIpc) is 2.65. The molecule has 0 aromatic heterocycles. The van der Waals surface area contributed by atoms with Crippen LogP contribution in [0.15, 0.2) is 41.0 Å². The topological polar surface area (TPSA) is 61.7 Å². The van der Waals surface area contributed by atoms with E-state index in [9.17, 15) is 9.90 Å². The molecule has 0 radical (unpaired) electrons. The van der Waals surface area contributed by atoms with Gasteiger partial charge in [-0.25, -0.2) is 0 Å². The lowest BCUT2D eigenvalue weighted by Crippen LogP contribution is -2.11. The van der Waals surface area contributed by atoms with E-state index in [1.807, 2.05) is 6.07 Å². The van der Waals surface area contributed by atoms with Gasteiger partial charge in [0.15, 0.2) is 11.5 Å². The summed E-state index contributed by atoms with van der Waals surface area (Å²) in [6, 6.07) is 8.84. The Kier molecular flexibility index (Phi) is 2.02. The number of carbonyl (C=O) groups is 1. The first kappa shape index (κ1) is 8.50. The van der Waals surface area contributed by atoms with Crippen molar-refractivity contribution in [1.29, 1.82) is 0 Å². The molecular formula is C10H8N2O2. The fourth-order valence-electron chi connectivity index (χ4n) is 1.19. The van der Waals surface area contributed by atoms with Gasteiger partial charge in [0.2, 0.25) is 0 Å². The van der Waals surface area contributed by atoms with Gasteiger partial charge in [-0.1, -0.05) is 30.3 Å². The van der Waals surface area contributed by atoms with E-state index in [-0.39, 0.29) is 11.5 Å². The van der Waals surface area contributed by atoms with Crippen LogP contribution in [0.3, 0.4) is 0 Å². The summed E-state index contributed by atoms with van der Waals surface area (Å²) < 4.78 is 0. The number of aliphatic hydroxyl groups excluding tert-OH is 1. The Morgan fingerprint density at radius 2 is 2.00 bits per heavy atom. The van der Waals surface area contributed by atoms with E-state index in [0.29, 0.717) is 5.56 Å². The predicted molar refractivity (Wildman–Crippen MR) is 52.6 cm³/mol. The summed E-state index contributed by atoms with van der Waals surface area (Å²) >= 11 is 0. The van der Waals surface area contributed by atoms with E-state index in [0.717, 1.165) is 0 Å². The summed E-state index contributed by atoms with van der Waals surface area (Å²) in [4.78, 5) is 14.6. The molecule has 0 bridgehead atoms. The standard InChI is InChI=1S/C10H8N2O2/c13-9(7-4-2-1-3-5-7)8-10(14)12-6-11-8/h1-6,13H,(H,11,12,14). The van der Waals surface area contributed by atoms with Crippen molar-refractivity contribution in [2.75, 3.05) is 0 Å². The molecule has 0 fully saturated rings. The van der Waals surface area contributed by atoms with E-state index in [2.05, 4.69) is 10.3 Å². The fraction of sp³-hybridized carbons (Fsp3) is 0. The van der Waals surface area contributed by atoms with Crippen LogP contribution in [0.4, 0.5) is 0 Å². The zero-order chi connectivity index (χ0) is 9.97. The summed E-state index contributed by atoms with van der Waals surface area (Å²) in [5.41, 5.74) is 0.713. The summed E-state index contributed by atoms with van der Waals surface area (Å²) in [5.74, 6) is -0.528. The van der Waals surface area contributed by atoms with Gasteiger partial charge in [0.1, 0.15) is 0 Å². The van der Waals surface area contributed by atoms with Gasteiger partial charge in [-0.05, 0) is 0 Å². The van der Waals surface area contributed by atoms with Gasteiger partial charge in [-0.15, -0.1) is 0 Å².